The van der Waals surface area contributed by atoms with E-state index in [1.165, 1.54) is 11.3 Å². The third-order valence-corrected chi connectivity index (χ3v) is 2.08. The summed E-state index contributed by atoms with van der Waals surface area (Å²) < 4.78 is 0. The van der Waals surface area contributed by atoms with E-state index in [-0.39, 0.29) is 0 Å². The summed E-state index contributed by atoms with van der Waals surface area (Å²) >= 11 is 1.53. The van der Waals surface area contributed by atoms with Crippen LogP contribution >= 0.6 is 11.3 Å². The number of aliphatic hydroxyl groups is 1. The second-order valence-electron chi connectivity index (χ2n) is 1.99. The first-order valence-electron chi connectivity index (χ1n) is 2.80. The second kappa shape index (κ2) is 2.45. The van der Waals surface area contributed by atoms with Gasteiger partial charge < -0.3 is 5.11 Å². The van der Waals surface area contributed by atoms with Crippen molar-refractivity contribution in [1.29, 1.82) is 0 Å². The summed E-state index contributed by atoms with van der Waals surface area (Å²) in [4.78, 5) is 5.13. The van der Waals surface area contributed by atoms with Gasteiger partial charge in [0.05, 0.1) is 0 Å². The average Bonchev–Trinajstić information content (AvgIpc) is 2.14. The first-order chi connectivity index (χ1) is 4.20. The second-order valence-corrected chi connectivity index (χ2v) is 3.25. The molecular formula is C6H9NOS. The van der Waals surface area contributed by atoms with E-state index in [0.29, 0.717) is 0 Å². The molecule has 0 bridgehead atoms. The third kappa shape index (κ3) is 1.50. The van der Waals surface area contributed by atoms with E-state index in [4.69, 9.17) is 5.11 Å². The van der Waals surface area contributed by atoms with Gasteiger partial charge in [0.25, 0.3) is 0 Å². The highest BCUT2D eigenvalue weighted by molar-refractivity contribution is 7.11. The fourth-order valence-corrected chi connectivity index (χ4v) is 1.28. The summed E-state index contributed by atoms with van der Waals surface area (Å²) in [5.41, 5.74) is 0. The molecule has 1 atom stereocenters. The topological polar surface area (TPSA) is 33.1 Å². The largest absolute Gasteiger partial charge is 0.386 e. The molecule has 0 spiro atoms. The van der Waals surface area contributed by atoms with Crippen molar-refractivity contribution >= 4 is 11.3 Å². The molecule has 0 aliphatic carbocycles. The molecule has 0 aliphatic rings. The van der Waals surface area contributed by atoms with E-state index >= 15 is 0 Å². The first-order valence-corrected chi connectivity index (χ1v) is 3.62. The van der Waals surface area contributed by atoms with Crippen molar-refractivity contribution in [2.24, 2.45) is 0 Å². The van der Waals surface area contributed by atoms with Crippen LogP contribution in [0, 0.1) is 6.92 Å². The molecule has 0 saturated carbocycles. The lowest BCUT2D eigenvalue weighted by molar-refractivity contribution is 0.199. The quantitative estimate of drug-likeness (QED) is 0.646. The zero-order valence-corrected chi connectivity index (χ0v) is 6.27. The summed E-state index contributed by atoms with van der Waals surface area (Å²) in [5, 5.41) is 9.78. The fraction of sp³-hybridized carbons (Fsp3) is 0.500. The molecule has 0 amide bonds. The standard InChI is InChI=1S/C6H9NOS/c1-4-3-7-6(9-4)5(2)8/h3,5,8H,1-2H3. The van der Waals surface area contributed by atoms with Gasteiger partial charge in [0, 0.05) is 11.1 Å². The molecule has 0 saturated heterocycles. The Hall–Kier alpha value is -0.410. The van der Waals surface area contributed by atoms with Crippen molar-refractivity contribution < 1.29 is 5.11 Å². The molecule has 1 aromatic heterocycles. The number of hydrogen-bond acceptors (Lipinski definition) is 3. The summed E-state index contributed by atoms with van der Waals surface area (Å²) in [6.07, 6.45) is 1.36. The van der Waals surface area contributed by atoms with Crippen LogP contribution in [-0.2, 0) is 0 Å². The molecule has 1 aromatic rings. The highest BCUT2D eigenvalue weighted by Gasteiger charge is 2.02. The van der Waals surface area contributed by atoms with Crippen LogP contribution in [0.15, 0.2) is 6.20 Å². The molecular weight excluding hydrogens is 134 g/mol. The number of rotatable bonds is 1. The predicted octanol–water partition coefficient (Wildman–Crippen LogP) is 1.50. The third-order valence-electron chi connectivity index (χ3n) is 0.997. The Morgan fingerprint density at radius 2 is 2.44 bits per heavy atom. The van der Waals surface area contributed by atoms with Crippen molar-refractivity contribution in [2.45, 2.75) is 20.0 Å². The Labute approximate surface area is 58.2 Å². The predicted molar refractivity (Wildman–Crippen MR) is 37.5 cm³/mol. The summed E-state index contributed by atoms with van der Waals surface area (Å²) in [5.74, 6) is 0. The molecule has 2 nitrogen and oxygen atoms in total. The van der Waals surface area contributed by atoms with Crippen LogP contribution in [-0.4, -0.2) is 10.1 Å². The van der Waals surface area contributed by atoms with Gasteiger partial charge in [0.15, 0.2) is 0 Å². The summed E-state index contributed by atoms with van der Waals surface area (Å²) in [6, 6.07) is 0. The van der Waals surface area contributed by atoms with Crippen LogP contribution in [0.5, 0.6) is 0 Å². The number of aliphatic hydroxyl groups excluding tert-OH is 1. The van der Waals surface area contributed by atoms with Gasteiger partial charge in [-0.1, -0.05) is 0 Å². The zero-order valence-electron chi connectivity index (χ0n) is 5.46. The van der Waals surface area contributed by atoms with Crippen molar-refractivity contribution in [3.05, 3.63) is 16.1 Å². The monoisotopic (exact) mass is 143 g/mol. The number of aryl methyl sites for hydroxylation is 1. The van der Waals surface area contributed by atoms with E-state index in [1.54, 1.807) is 13.1 Å². The van der Waals surface area contributed by atoms with Crippen molar-refractivity contribution in [1.82, 2.24) is 4.98 Å². The van der Waals surface area contributed by atoms with Gasteiger partial charge in [-0.3, -0.25) is 0 Å². The van der Waals surface area contributed by atoms with Gasteiger partial charge in [-0.2, -0.15) is 0 Å². The summed E-state index contributed by atoms with van der Waals surface area (Å²) in [6.45, 7) is 3.70. The Kier molecular flexibility index (Phi) is 1.83. The van der Waals surface area contributed by atoms with Crippen LogP contribution in [0.3, 0.4) is 0 Å². The molecule has 0 aromatic carbocycles. The van der Waals surface area contributed by atoms with Crippen molar-refractivity contribution in [3.63, 3.8) is 0 Å². The van der Waals surface area contributed by atoms with Gasteiger partial charge in [0.1, 0.15) is 11.1 Å². The molecule has 0 fully saturated rings. The van der Waals surface area contributed by atoms with Gasteiger partial charge in [-0.05, 0) is 13.8 Å². The molecule has 1 N–H and O–H groups in total. The number of hydrogen-bond donors (Lipinski definition) is 1. The molecule has 1 unspecified atom stereocenters. The minimum atomic E-state index is -0.413. The Morgan fingerprint density at radius 3 is 2.67 bits per heavy atom. The fourth-order valence-electron chi connectivity index (χ4n) is 0.565. The van der Waals surface area contributed by atoms with Crippen LogP contribution in [0.2, 0.25) is 0 Å². The smallest absolute Gasteiger partial charge is 0.121 e. The number of aromatic nitrogens is 1. The average molecular weight is 143 g/mol. The minimum Gasteiger partial charge on any atom is -0.386 e. The lowest BCUT2D eigenvalue weighted by atomic mass is 10.4. The highest BCUT2D eigenvalue weighted by atomic mass is 32.1. The van der Waals surface area contributed by atoms with E-state index in [1.807, 2.05) is 6.92 Å². The molecule has 3 heteroatoms. The molecule has 9 heavy (non-hydrogen) atoms. The zero-order chi connectivity index (χ0) is 6.85. The molecule has 0 aliphatic heterocycles. The lowest BCUT2D eigenvalue weighted by Gasteiger charge is -1.93. The van der Waals surface area contributed by atoms with E-state index in [9.17, 15) is 0 Å². The maximum absolute atomic E-state index is 8.98. The lowest BCUT2D eigenvalue weighted by Crippen LogP contribution is -1.86. The van der Waals surface area contributed by atoms with Crippen LogP contribution in [0.4, 0.5) is 0 Å². The van der Waals surface area contributed by atoms with Crippen LogP contribution < -0.4 is 0 Å². The normalized spacial score (nSPS) is 13.7. The molecule has 1 heterocycles. The van der Waals surface area contributed by atoms with Gasteiger partial charge in [-0.15, -0.1) is 11.3 Å². The van der Waals surface area contributed by atoms with E-state index in [0.717, 1.165) is 9.88 Å². The van der Waals surface area contributed by atoms with Gasteiger partial charge in [-0.25, -0.2) is 4.98 Å². The molecule has 50 valence electrons. The molecule has 1 rings (SSSR count). The maximum atomic E-state index is 8.98. The number of thiazole rings is 1. The summed E-state index contributed by atoms with van der Waals surface area (Å²) in [7, 11) is 0. The Bertz CT molecular complexity index is 195. The Balaban J connectivity index is 2.85. The van der Waals surface area contributed by atoms with Crippen molar-refractivity contribution in [2.75, 3.05) is 0 Å². The van der Waals surface area contributed by atoms with Crippen LogP contribution in [0.25, 0.3) is 0 Å². The van der Waals surface area contributed by atoms with E-state index < -0.39 is 6.10 Å². The Morgan fingerprint density at radius 1 is 1.78 bits per heavy atom. The van der Waals surface area contributed by atoms with Crippen molar-refractivity contribution in [3.8, 4) is 0 Å². The SMILES string of the molecule is Cc1cnc(C(C)O)s1. The van der Waals surface area contributed by atoms with Gasteiger partial charge >= 0.3 is 0 Å². The van der Waals surface area contributed by atoms with E-state index in [2.05, 4.69) is 4.98 Å². The molecule has 0 radical (unpaired) electrons. The minimum absolute atomic E-state index is 0.413. The number of nitrogens with zero attached hydrogens (tertiary/aromatic N) is 1. The first kappa shape index (κ1) is 6.71. The highest BCUT2D eigenvalue weighted by Crippen LogP contribution is 2.17. The van der Waals surface area contributed by atoms with Crippen LogP contribution in [0.1, 0.15) is 22.9 Å². The van der Waals surface area contributed by atoms with Gasteiger partial charge in [0.2, 0.25) is 0 Å². The maximum Gasteiger partial charge on any atom is 0.121 e.